The topological polar surface area (TPSA) is 121 Å². The number of carboxylic acid groups (broad SMARTS) is 2. The SMILES string of the molecule is C=C(C)C(=O)OC(C)CO.O=C(O)CCC(=O)O. The summed E-state index contributed by atoms with van der Waals surface area (Å²) in [6.45, 7) is 6.41. The van der Waals surface area contributed by atoms with Crippen molar-refractivity contribution in [3.63, 3.8) is 0 Å². The monoisotopic (exact) mass is 262 g/mol. The lowest BCUT2D eigenvalue weighted by atomic mass is 10.3. The Morgan fingerprint density at radius 3 is 1.78 bits per heavy atom. The largest absolute Gasteiger partial charge is 0.481 e. The van der Waals surface area contributed by atoms with E-state index >= 15 is 0 Å². The number of aliphatic hydroxyl groups excluding tert-OH is 1. The molecule has 0 aliphatic rings. The number of carbonyl (C=O) groups excluding carboxylic acids is 1. The van der Waals surface area contributed by atoms with Gasteiger partial charge in [0.25, 0.3) is 0 Å². The maximum absolute atomic E-state index is 10.7. The van der Waals surface area contributed by atoms with Gasteiger partial charge < -0.3 is 20.1 Å². The first-order chi connectivity index (χ1) is 8.20. The third kappa shape index (κ3) is 14.1. The Hall–Kier alpha value is -1.89. The molecule has 0 saturated heterocycles. The van der Waals surface area contributed by atoms with E-state index in [2.05, 4.69) is 11.3 Å². The molecule has 0 fully saturated rings. The van der Waals surface area contributed by atoms with Gasteiger partial charge in [0, 0.05) is 5.57 Å². The lowest BCUT2D eigenvalue weighted by Gasteiger charge is -2.08. The molecule has 0 amide bonds. The van der Waals surface area contributed by atoms with E-state index in [1.54, 1.807) is 13.8 Å². The Labute approximate surface area is 105 Å². The maximum atomic E-state index is 10.7. The van der Waals surface area contributed by atoms with Crippen LogP contribution >= 0.6 is 0 Å². The van der Waals surface area contributed by atoms with E-state index in [4.69, 9.17) is 15.3 Å². The van der Waals surface area contributed by atoms with Crippen LogP contribution in [-0.4, -0.2) is 45.9 Å². The molecule has 104 valence electrons. The van der Waals surface area contributed by atoms with Crippen LogP contribution < -0.4 is 0 Å². The van der Waals surface area contributed by atoms with Gasteiger partial charge in [-0.05, 0) is 13.8 Å². The molecular weight excluding hydrogens is 244 g/mol. The molecule has 0 rings (SSSR count). The van der Waals surface area contributed by atoms with Crippen molar-refractivity contribution < 1.29 is 34.4 Å². The molecule has 0 aromatic carbocycles. The zero-order valence-electron chi connectivity index (χ0n) is 10.4. The molecule has 0 aliphatic heterocycles. The van der Waals surface area contributed by atoms with E-state index in [1.165, 1.54) is 0 Å². The third-order valence-corrected chi connectivity index (χ3v) is 1.47. The second-order valence-corrected chi connectivity index (χ2v) is 3.47. The van der Waals surface area contributed by atoms with Gasteiger partial charge in [-0.15, -0.1) is 0 Å². The first kappa shape index (κ1) is 18.5. The number of carbonyl (C=O) groups is 3. The average Bonchev–Trinajstić information content (AvgIpc) is 2.26. The minimum absolute atomic E-state index is 0.154. The first-order valence-corrected chi connectivity index (χ1v) is 5.11. The van der Waals surface area contributed by atoms with Crippen molar-refractivity contribution in [1.29, 1.82) is 0 Å². The molecule has 0 bridgehead atoms. The fraction of sp³-hybridized carbons (Fsp3) is 0.545. The molecule has 18 heavy (non-hydrogen) atoms. The van der Waals surface area contributed by atoms with Crippen molar-refractivity contribution >= 4 is 17.9 Å². The van der Waals surface area contributed by atoms with Crippen molar-refractivity contribution in [3.05, 3.63) is 12.2 Å². The summed E-state index contributed by atoms with van der Waals surface area (Å²) in [6.07, 6.45) is -1.03. The number of hydrogen-bond acceptors (Lipinski definition) is 5. The quantitative estimate of drug-likeness (QED) is 0.468. The van der Waals surface area contributed by atoms with Crippen LogP contribution in [0.3, 0.4) is 0 Å². The number of aliphatic carboxylic acids is 2. The zero-order chi connectivity index (χ0) is 14.7. The van der Waals surface area contributed by atoms with Crippen molar-refractivity contribution in [2.45, 2.75) is 32.8 Å². The first-order valence-electron chi connectivity index (χ1n) is 5.11. The van der Waals surface area contributed by atoms with Crippen LogP contribution in [0.5, 0.6) is 0 Å². The lowest BCUT2D eigenvalue weighted by molar-refractivity contribution is -0.145. The minimum Gasteiger partial charge on any atom is -0.481 e. The number of esters is 1. The number of aliphatic hydroxyl groups is 1. The highest BCUT2D eigenvalue weighted by Gasteiger charge is 2.07. The Kier molecular flexibility index (Phi) is 10.5. The summed E-state index contributed by atoms with van der Waals surface area (Å²) in [5, 5.41) is 24.3. The smallest absolute Gasteiger partial charge is 0.333 e. The fourth-order valence-corrected chi connectivity index (χ4v) is 0.534. The molecule has 7 heteroatoms. The minimum atomic E-state index is -1.08. The van der Waals surface area contributed by atoms with E-state index in [9.17, 15) is 14.4 Å². The molecule has 0 aliphatic carbocycles. The molecule has 0 saturated carbocycles. The van der Waals surface area contributed by atoms with Gasteiger partial charge in [-0.2, -0.15) is 0 Å². The van der Waals surface area contributed by atoms with E-state index in [1.807, 2.05) is 0 Å². The predicted octanol–water partition coefficient (Wildman–Crippen LogP) is 0.422. The molecule has 3 N–H and O–H groups in total. The Balaban J connectivity index is 0. The van der Waals surface area contributed by atoms with Gasteiger partial charge in [-0.1, -0.05) is 6.58 Å². The molecule has 0 aromatic rings. The molecule has 7 nitrogen and oxygen atoms in total. The van der Waals surface area contributed by atoms with Crippen LogP contribution in [-0.2, 0) is 19.1 Å². The molecule has 0 radical (unpaired) electrons. The second kappa shape index (κ2) is 10.3. The van der Waals surface area contributed by atoms with E-state index in [-0.39, 0.29) is 19.4 Å². The number of carboxylic acids is 2. The summed E-state index contributed by atoms with van der Waals surface area (Å²) in [7, 11) is 0. The van der Waals surface area contributed by atoms with E-state index in [0.29, 0.717) is 5.57 Å². The Bertz CT molecular complexity index is 295. The van der Waals surface area contributed by atoms with E-state index in [0.717, 1.165) is 0 Å². The summed E-state index contributed by atoms with van der Waals surface area (Å²) in [5.41, 5.74) is 0.347. The summed E-state index contributed by atoms with van der Waals surface area (Å²) < 4.78 is 4.67. The molecule has 1 unspecified atom stereocenters. The molecule has 0 spiro atoms. The molecule has 0 heterocycles. The summed E-state index contributed by atoms with van der Waals surface area (Å²) in [5.74, 6) is -2.61. The third-order valence-electron chi connectivity index (χ3n) is 1.47. The fourth-order valence-electron chi connectivity index (χ4n) is 0.534. The maximum Gasteiger partial charge on any atom is 0.333 e. The van der Waals surface area contributed by atoms with Crippen molar-refractivity contribution in [2.75, 3.05) is 6.61 Å². The Morgan fingerprint density at radius 1 is 1.17 bits per heavy atom. The number of rotatable bonds is 6. The molecule has 1 atom stereocenters. The van der Waals surface area contributed by atoms with Crippen LogP contribution in [0.25, 0.3) is 0 Å². The van der Waals surface area contributed by atoms with Gasteiger partial charge in [0.1, 0.15) is 6.10 Å². The Morgan fingerprint density at radius 2 is 1.56 bits per heavy atom. The van der Waals surface area contributed by atoms with Gasteiger partial charge in [-0.25, -0.2) is 4.79 Å². The van der Waals surface area contributed by atoms with E-state index < -0.39 is 24.0 Å². The number of hydrogen-bond donors (Lipinski definition) is 3. The van der Waals surface area contributed by atoms with Gasteiger partial charge in [0.15, 0.2) is 0 Å². The highest BCUT2D eigenvalue weighted by Crippen LogP contribution is 1.96. The van der Waals surface area contributed by atoms with Gasteiger partial charge in [0.05, 0.1) is 19.4 Å². The van der Waals surface area contributed by atoms with Crippen LogP contribution in [0.2, 0.25) is 0 Å². The zero-order valence-corrected chi connectivity index (χ0v) is 10.4. The molecular formula is C11H18O7. The van der Waals surface area contributed by atoms with Crippen molar-refractivity contribution in [2.24, 2.45) is 0 Å². The highest BCUT2D eigenvalue weighted by molar-refractivity contribution is 5.87. The standard InChI is InChI=1S/C7H12O3.C4H6O4/c1-5(2)7(9)10-6(3)4-8;5-3(6)1-2-4(7)8/h6,8H,1,4H2,2-3H3;1-2H2,(H,5,6)(H,7,8). The summed E-state index contributed by atoms with van der Waals surface area (Å²) >= 11 is 0. The summed E-state index contributed by atoms with van der Waals surface area (Å²) in [6, 6.07) is 0. The van der Waals surface area contributed by atoms with Crippen LogP contribution in [0, 0.1) is 0 Å². The predicted molar refractivity (Wildman–Crippen MR) is 62.0 cm³/mol. The van der Waals surface area contributed by atoms with Crippen LogP contribution in [0.4, 0.5) is 0 Å². The van der Waals surface area contributed by atoms with Gasteiger partial charge in [0.2, 0.25) is 0 Å². The molecule has 0 aromatic heterocycles. The lowest BCUT2D eigenvalue weighted by Crippen LogP contribution is -2.18. The highest BCUT2D eigenvalue weighted by atomic mass is 16.5. The van der Waals surface area contributed by atoms with Crippen LogP contribution in [0.1, 0.15) is 26.7 Å². The van der Waals surface area contributed by atoms with Gasteiger partial charge in [-0.3, -0.25) is 9.59 Å². The normalized spacial score (nSPS) is 10.6. The van der Waals surface area contributed by atoms with Gasteiger partial charge >= 0.3 is 17.9 Å². The summed E-state index contributed by atoms with van der Waals surface area (Å²) in [4.78, 5) is 30.0. The number of ether oxygens (including phenoxy) is 1. The second-order valence-electron chi connectivity index (χ2n) is 3.47. The van der Waals surface area contributed by atoms with Crippen LogP contribution in [0.15, 0.2) is 12.2 Å². The van der Waals surface area contributed by atoms with Crippen molar-refractivity contribution in [3.8, 4) is 0 Å². The van der Waals surface area contributed by atoms with Crippen molar-refractivity contribution in [1.82, 2.24) is 0 Å². The average molecular weight is 262 g/mol.